The van der Waals surface area contributed by atoms with Crippen LogP contribution in [0.15, 0.2) is 52.3 Å². The first-order valence-corrected chi connectivity index (χ1v) is 12.9. The third kappa shape index (κ3) is 5.18. The van der Waals surface area contributed by atoms with E-state index in [4.69, 9.17) is 4.74 Å². The van der Waals surface area contributed by atoms with Gasteiger partial charge in [0.1, 0.15) is 10.6 Å². The molecule has 1 aromatic carbocycles. The smallest absolute Gasteiger partial charge is 0.341 e. The van der Waals surface area contributed by atoms with Crippen LogP contribution in [0, 0.1) is 6.92 Å². The van der Waals surface area contributed by atoms with E-state index in [-0.39, 0.29) is 18.3 Å². The van der Waals surface area contributed by atoms with Gasteiger partial charge in [-0.15, -0.1) is 32.9 Å². The van der Waals surface area contributed by atoms with Crippen LogP contribution in [0.4, 0.5) is 5.00 Å². The second-order valence-corrected chi connectivity index (χ2v) is 10.0. The molecule has 0 aliphatic carbocycles. The molecule has 0 radical (unpaired) electrons. The largest absolute Gasteiger partial charge is 0.462 e. The van der Waals surface area contributed by atoms with Crippen molar-refractivity contribution in [2.45, 2.75) is 19.0 Å². The molecule has 0 saturated carbocycles. The summed E-state index contributed by atoms with van der Waals surface area (Å²) >= 11 is 4.26. The number of aromatic nitrogens is 3. The van der Waals surface area contributed by atoms with E-state index < -0.39 is 5.97 Å². The zero-order valence-electron chi connectivity index (χ0n) is 18.3. The molecule has 7 nitrogen and oxygen atoms in total. The molecule has 3 aromatic heterocycles. The van der Waals surface area contributed by atoms with Crippen LogP contribution in [-0.2, 0) is 16.6 Å². The molecule has 10 heteroatoms. The quantitative estimate of drug-likeness (QED) is 0.255. The lowest BCUT2D eigenvalue weighted by Gasteiger charge is -2.09. The van der Waals surface area contributed by atoms with Gasteiger partial charge in [0.05, 0.1) is 12.4 Å². The molecule has 0 fully saturated rings. The highest BCUT2D eigenvalue weighted by Crippen LogP contribution is 2.36. The molecule has 0 atom stereocenters. The Morgan fingerprint density at radius 1 is 1.12 bits per heavy atom. The van der Waals surface area contributed by atoms with E-state index in [0.29, 0.717) is 15.7 Å². The van der Waals surface area contributed by atoms with Crippen molar-refractivity contribution in [2.75, 3.05) is 17.7 Å². The molecule has 0 bridgehead atoms. The Morgan fingerprint density at radius 3 is 2.61 bits per heavy atom. The third-order valence-electron chi connectivity index (χ3n) is 4.76. The molecule has 0 aliphatic rings. The summed E-state index contributed by atoms with van der Waals surface area (Å²) in [5.41, 5.74) is 3.02. The molecule has 1 N–H and O–H groups in total. The van der Waals surface area contributed by atoms with Crippen LogP contribution in [0.5, 0.6) is 0 Å². The van der Waals surface area contributed by atoms with E-state index in [1.54, 1.807) is 18.3 Å². The van der Waals surface area contributed by atoms with Gasteiger partial charge in [0, 0.05) is 33.8 Å². The number of thioether (sulfide) groups is 1. The minimum Gasteiger partial charge on any atom is -0.462 e. The van der Waals surface area contributed by atoms with Gasteiger partial charge in [-0.1, -0.05) is 42.1 Å². The number of carbonyl (C=O) groups is 2. The number of nitrogens with one attached hydrogen (secondary N) is 1. The van der Waals surface area contributed by atoms with Gasteiger partial charge < -0.3 is 14.6 Å². The Balaban J connectivity index is 1.48. The van der Waals surface area contributed by atoms with E-state index in [0.717, 1.165) is 22.5 Å². The number of nitrogens with zero attached hydrogens (tertiary/aromatic N) is 3. The predicted octanol–water partition coefficient (Wildman–Crippen LogP) is 5.49. The molecule has 0 aliphatic heterocycles. The lowest BCUT2D eigenvalue weighted by atomic mass is 10.0. The van der Waals surface area contributed by atoms with Crippen molar-refractivity contribution < 1.29 is 14.3 Å². The van der Waals surface area contributed by atoms with Crippen LogP contribution in [-0.4, -0.2) is 39.0 Å². The number of thiophene rings is 2. The van der Waals surface area contributed by atoms with E-state index in [1.165, 1.54) is 28.0 Å². The number of hydrogen-bond donors (Lipinski definition) is 1. The molecule has 0 saturated heterocycles. The van der Waals surface area contributed by atoms with Crippen LogP contribution < -0.4 is 5.32 Å². The van der Waals surface area contributed by atoms with Gasteiger partial charge in [-0.05, 0) is 25.5 Å². The molecule has 4 rings (SSSR count). The summed E-state index contributed by atoms with van der Waals surface area (Å²) < 4.78 is 7.13. The van der Waals surface area contributed by atoms with E-state index in [9.17, 15) is 9.59 Å². The number of amides is 1. The van der Waals surface area contributed by atoms with Crippen molar-refractivity contribution in [3.05, 3.63) is 57.6 Å². The van der Waals surface area contributed by atoms with Crippen LogP contribution in [0.1, 0.15) is 22.2 Å². The van der Waals surface area contributed by atoms with Crippen LogP contribution in [0.2, 0.25) is 0 Å². The van der Waals surface area contributed by atoms with Gasteiger partial charge in [0.15, 0.2) is 11.0 Å². The Labute approximate surface area is 203 Å². The highest BCUT2D eigenvalue weighted by atomic mass is 32.2. The Hall–Kier alpha value is -2.95. The molecule has 1 amide bonds. The molecule has 170 valence electrons. The number of esters is 1. The monoisotopic (exact) mass is 498 g/mol. The number of rotatable bonds is 8. The number of aryl methyl sites for hydroxylation is 1. The van der Waals surface area contributed by atoms with Gasteiger partial charge in [-0.25, -0.2) is 4.79 Å². The van der Waals surface area contributed by atoms with Gasteiger partial charge in [-0.3, -0.25) is 4.79 Å². The van der Waals surface area contributed by atoms with E-state index in [1.807, 2.05) is 59.6 Å². The maximum Gasteiger partial charge on any atom is 0.341 e. The zero-order valence-corrected chi connectivity index (χ0v) is 20.8. The van der Waals surface area contributed by atoms with Gasteiger partial charge in [0.2, 0.25) is 5.91 Å². The van der Waals surface area contributed by atoms with Gasteiger partial charge in [-0.2, -0.15) is 0 Å². The minimum atomic E-state index is -0.454. The predicted molar refractivity (Wildman–Crippen MR) is 134 cm³/mol. The van der Waals surface area contributed by atoms with Crippen LogP contribution in [0.25, 0.3) is 22.5 Å². The summed E-state index contributed by atoms with van der Waals surface area (Å²) in [5.74, 6) is 0.209. The Bertz CT molecular complexity index is 1280. The number of ether oxygens (including phenoxy) is 1. The first-order valence-electron chi connectivity index (χ1n) is 10.2. The summed E-state index contributed by atoms with van der Waals surface area (Å²) in [5, 5.41) is 16.4. The fraction of sp³-hybridized carbons (Fsp3) is 0.217. The lowest BCUT2D eigenvalue weighted by Crippen LogP contribution is -2.16. The van der Waals surface area contributed by atoms with E-state index in [2.05, 4.69) is 21.6 Å². The highest BCUT2D eigenvalue weighted by Gasteiger charge is 2.23. The second-order valence-electron chi connectivity index (χ2n) is 7.09. The Kier molecular flexibility index (Phi) is 7.26. The Morgan fingerprint density at radius 2 is 1.91 bits per heavy atom. The maximum atomic E-state index is 12.7. The number of carbonyl (C=O) groups excluding carboxylic acids is 2. The second kappa shape index (κ2) is 10.3. The van der Waals surface area contributed by atoms with Gasteiger partial charge in [0.25, 0.3) is 0 Å². The summed E-state index contributed by atoms with van der Waals surface area (Å²) in [7, 11) is 1.88. The van der Waals surface area contributed by atoms with E-state index >= 15 is 0 Å². The fourth-order valence-electron chi connectivity index (χ4n) is 3.23. The normalized spacial score (nSPS) is 10.9. The number of benzene rings is 1. The number of anilines is 1. The molecular formula is C23H22N4O3S3. The van der Waals surface area contributed by atoms with Crippen molar-refractivity contribution >= 4 is 51.3 Å². The molecular weight excluding hydrogens is 476 g/mol. The van der Waals surface area contributed by atoms with Crippen LogP contribution in [0.3, 0.4) is 0 Å². The van der Waals surface area contributed by atoms with Gasteiger partial charge >= 0.3 is 5.97 Å². The SMILES string of the molecule is CCOC(=O)c1c(-c2ccccc2)csc1NC(=O)CSc1nnc(-c2csc(C)c2)n1C. The zero-order chi connectivity index (χ0) is 23.4. The molecule has 0 spiro atoms. The summed E-state index contributed by atoms with van der Waals surface area (Å²) in [6.45, 7) is 4.06. The van der Waals surface area contributed by atoms with Crippen molar-refractivity contribution in [3.63, 3.8) is 0 Å². The lowest BCUT2D eigenvalue weighted by molar-refractivity contribution is -0.113. The third-order valence-corrected chi connectivity index (χ3v) is 7.54. The number of hydrogen-bond acceptors (Lipinski definition) is 8. The van der Waals surface area contributed by atoms with Crippen LogP contribution >= 0.6 is 34.4 Å². The molecule has 0 unspecified atom stereocenters. The summed E-state index contributed by atoms with van der Waals surface area (Å²) in [4.78, 5) is 26.6. The summed E-state index contributed by atoms with van der Waals surface area (Å²) in [6, 6.07) is 11.6. The van der Waals surface area contributed by atoms with Crippen molar-refractivity contribution in [3.8, 4) is 22.5 Å². The summed E-state index contributed by atoms with van der Waals surface area (Å²) in [6.07, 6.45) is 0. The molecule has 3 heterocycles. The first kappa shape index (κ1) is 23.2. The average molecular weight is 499 g/mol. The maximum absolute atomic E-state index is 12.7. The topological polar surface area (TPSA) is 86.1 Å². The first-order chi connectivity index (χ1) is 16.0. The molecule has 33 heavy (non-hydrogen) atoms. The molecule has 4 aromatic rings. The average Bonchev–Trinajstić information content (AvgIpc) is 3.51. The van der Waals surface area contributed by atoms with Crippen molar-refractivity contribution in [2.24, 2.45) is 7.05 Å². The highest BCUT2D eigenvalue weighted by molar-refractivity contribution is 7.99. The standard InChI is InChI=1S/C23H22N4O3S3/c1-4-30-22(29)19-17(15-8-6-5-7-9-15)12-32-21(19)24-18(28)13-33-23-26-25-20(27(23)3)16-10-14(2)31-11-16/h5-12H,4,13H2,1-3H3,(H,24,28). The van der Waals surface area contributed by atoms with Crippen molar-refractivity contribution in [1.29, 1.82) is 0 Å². The fourth-order valence-corrected chi connectivity index (χ4v) is 5.60. The minimum absolute atomic E-state index is 0.134. The van der Waals surface area contributed by atoms with Crippen molar-refractivity contribution in [1.82, 2.24) is 14.8 Å².